The molecule has 3 aromatic carbocycles. The van der Waals surface area contributed by atoms with Crippen LogP contribution in [0.3, 0.4) is 0 Å². The fourth-order valence-corrected chi connectivity index (χ4v) is 3.63. The van der Waals surface area contributed by atoms with Gasteiger partial charge in [-0.25, -0.2) is 0 Å². The SMILES string of the molecule is CC(=NNS(=O)(=O)c1ccc(C)cc1)c1cccc(NC(=O)c2cccc(C)c2)c1. The third kappa shape index (κ3) is 5.33. The summed E-state index contributed by atoms with van der Waals surface area (Å²) >= 11 is 0. The number of sulfonamides is 1. The van der Waals surface area contributed by atoms with E-state index in [1.54, 1.807) is 49.4 Å². The molecular formula is C23H23N3O3S. The topological polar surface area (TPSA) is 87.6 Å². The van der Waals surface area contributed by atoms with Gasteiger partial charge in [0, 0.05) is 11.3 Å². The molecule has 2 N–H and O–H groups in total. The largest absolute Gasteiger partial charge is 0.322 e. The monoisotopic (exact) mass is 421 g/mol. The molecule has 3 rings (SSSR count). The number of amides is 1. The van der Waals surface area contributed by atoms with E-state index in [1.165, 1.54) is 12.1 Å². The Morgan fingerprint density at radius 2 is 1.50 bits per heavy atom. The van der Waals surface area contributed by atoms with Crippen LogP contribution in [-0.4, -0.2) is 20.0 Å². The molecule has 0 aliphatic heterocycles. The number of hydrogen-bond acceptors (Lipinski definition) is 4. The maximum absolute atomic E-state index is 12.5. The molecule has 6 nitrogen and oxygen atoms in total. The Kier molecular flexibility index (Phi) is 6.32. The average molecular weight is 422 g/mol. The van der Waals surface area contributed by atoms with Gasteiger partial charge in [0.2, 0.25) is 0 Å². The Morgan fingerprint density at radius 3 is 2.20 bits per heavy atom. The lowest BCUT2D eigenvalue weighted by Gasteiger charge is -2.09. The summed E-state index contributed by atoms with van der Waals surface area (Å²) in [5.41, 5.74) is 4.28. The first-order valence-corrected chi connectivity index (χ1v) is 10.8. The smallest absolute Gasteiger partial charge is 0.276 e. The van der Waals surface area contributed by atoms with E-state index in [2.05, 4.69) is 15.2 Å². The third-order valence-corrected chi connectivity index (χ3v) is 5.71. The quantitative estimate of drug-likeness (QED) is 0.460. The van der Waals surface area contributed by atoms with Gasteiger partial charge in [0.15, 0.2) is 0 Å². The summed E-state index contributed by atoms with van der Waals surface area (Å²) in [5, 5.41) is 6.87. The van der Waals surface area contributed by atoms with Crippen molar-refractivity contribution in [2.75, 3.05) is 5.32 Å². The first-order valence-electron chi connectivity index (χ1n) is 9.36. The summed E-state index contributed by atoms with van der Waals surface area (Å²) in [6.45, 7) is 5.50. The molecule has 0 aliphatic carbocycles. The highest BCUT2D eigenvalue weighted by Gasteiger charge is 2.13. The summed E-state index contributed by atoms with van der Waals surface area (Å²) in [4.78, 5) is 14.9. The minimum Gasteiger partial charge on any atom is -0.322 e. The van der Waals surface area contributed by atoms with Crippen LogP contribution in [0.25, 0.3) is 0 Å². The van der Waals surface area contributed by atoms with Crippen LogP contribution in [-0.2, 0) is 10.0 Å². The molecule has 0 bridgehead atoms. The number of rotatable bonds is 6. The Hall–Kier alpha value is -3.45. The zero-order valence-corrected chi connectivity index (χ0v) is 17.8. The lowest BCUT2D eigenvalue weighted by atomic mass is 10.1. The van der Waals surface area contributed by atoms with Crippen molar-refractivity contribution in [3.63, 3.8) is 0 Å². The van der Waals surface area contributed by atoms with Crippen molar-refractivity contribution in [3.05, 3.63) is 95.1 Å². The van der Waals surface area contributed by atoms with E-state index >= 15 is 0 Å². The van der Waals surface area contributed by atoms with Gasteiger partial charge in [-0.2, -0.15) is 18.4 Å². The Bertz CT molecular complexity index is 1200. The predicted octanol–water partition coefficient (Wildman–Crippen LogP) is 4.26. The second-order valence-electron chi connectivity index (χ2n) is 7.01. The van der Waals surface area contributed by atoms with Crippen LogP contribution in [0.2, 0.25) is 0 Å². The number of nitrogens with zero attached hydrogens (tertiary/aromatic N) is 1. The van der Waals surface area contributed by atoms with E-state index < -0.39 is 10.0 Å². The van der Waals surface area contributed by atoms with E-state index in [9.17, 15) is 13.2 Å². The van der Waals surface area contributed by atoms with Crippen LogP contribution in [0, 0.1) is 13.8 Å². The van der Waals surface area contributed by atoms with Gasteiger partial charge in [-0.3, -0.25) is 4.79 Å². The van der Waals surface area contributed by atoms with E-state index in [-0.39, 0.29) is 10.8 Å². The van der Waals surface area contributed by atoms with Gasteiger partial charge in [-0.1, -0.05) is 47.5 Å². The fraction of sp³-hybridized carbons (Fsp3) is 0.130. The molecule has 0 aliphatic rings. The number of anilines is 1. The number of hydrazone groups is 1. The molecule has 0 spiro atoms. The first kappa shape index (κ1) is 21.3. The van der Waals surface area contributed by atoms with Gasteiger partial charge in [-0.15, -0.1) is 0 Å². The molecule has 30 heavy (non-hydrogen) atoms. The molecule has 0 atom stereocenters. The van der Waals surface area contributed by atoms with Crippen molar-refractivity contribution in [1.82, 2.24) is 4.83 Å². The molecule has 0 saturated heterocycles. The van der Waals surface area contributed by atoms with E-state index in [0.29, 0.717) is 22.5 Å². The average Bonchev–Trinajstić information content (AvgIpc) is 2.72. The van der Waals surface area contributed by atoms with Crippen molar-refractivity contribution >= 4 is 27.3 Å². The maximum atomic E-state index is 12.5. The molecule has 0 radical (unpaired) electrons. The summed E-state index contributed by atoms with van der Waals surface area (Å²) in [6.07, 6.45) is 0. The van der Waals surface area contributed by atoms with Gasteiger partial charge in [0.05, 0.1) is 10.6 Å². The Morgan fingerprint density at radius 1 is 0.833 bits per heavy atom. The second-order valence-corrected chi connectivity index (χ2v) is 8.67. The highest BCUT2D eigenvalue weighted by atomic mass is 32.2. The number of carbonyl (C=O) groups is 1. The second kappa shape index (κ2) is 8.92. The number of nitrogens with one attached hydrogen (secondary N) is 2. The summed E-state index contributed by atoms with van der Waals surface area (Å²) in [5.74, 6) is -0.217. The van der Waals surface area contributed by atoms with Crippen molar-refractivity contribution < 1.29 is 13.2 Å². The molecule has 154 valence electrons. The minimum absolute atomic E-state index is 0.142. The molecule has 0 aromatic heterocycles. The van der Waals surface area contributed by atoms with Gasteiger partial charge < -0.3 is 5.32 Å². The van der Waals surface area contributed by atoms with Gasteiger partial charge in [0.1, 0.15) is 0 Å². The standard InChI is InChI=1S/C23H23N3O3S/c1-16-10-12-22(13-11-16)30(28,29)26-25-18(3)19-7-5-9-21(15-19)24-23(27)20-8-4-6-17(2)14-20/h4-15,26H,1-3H3,(H,24,27). The van der Waals surface area contributed by atoms with Crippen LogP contribution >= 0.6 is 0 Å². The minimum atomic E-state index is -3.76. The number of aryl methyl sites for hydroxylation is 2. The Balaban J connectivity index is 1.74. The fourth-order valence-electron chi connectivity index (χ4n) is 2.77. The van der Waals surface area contributed by atoms with Crippen LogP contribution in [0.5, 0.6) is 0 Å². The van der Waals surface area contributed by atoms with Crippen molar-refractivity contribution in [3.8, 4) is 0 Å². The normalized spacial score (nSPS) is 11.8. The summed E-state index contributed by atoms with van der Waals surface area (Å²) < 4.78 is 24.8. The molecule has 7 heteroatoms. The zero-order valence-electron chi connectivity index (χ0n) is 17.0. The van der Waals surface area contributed by atoms with Crippen LogP contribution < -0.4 is 10.1 Å². The summed E-state index contributed by atoms with van der Waals surface area (Å²) in [7, 11) is -3.76. The Labute approximate surface area is 176 Å². The van der Waals surface area contributed by atoms with Crippen LogP contribution in [0.4, 0.5) is 5.69 Å². The molecule has 3 aromatic rings. The van der Waals surface area contributed by atoms with E-state index in [4.69, 9.17) is 0 Å². The maximum Gasteiger partial charge on any atom is 0.276 e. The highest BCUT2D eigenvalue weighted by molar-refractivity contribution is 7.89. The summed E-state index contributed by atoms with van der Waals surface area (Å²) in [6, 6.07) is 20.9. The van der Waals surface area contributed by atoms with E-state index in [0.717, 1.165) is 11.1 Å². The predicted molar refractivity (Wildman–Crippen MR) is 119 cm³/mol. The molecule has 0 fully saturated rings. The lowest BCUT2D eigenvalue weighted by Crippen LogP contribution is -2.20. The highest BCUT2D eigenvalue weighted by Crippen LogP contribution is 2.15. The third-order valence-electron chi connectivity index (χ3n) is 4.48. The molecular weight excluding hydrogens is 398 g/mol. The van der Waals surface area contributed by atoms with E-state index in [1.807, 2.05) is 32.0 Å². The van der Waals surface area contributed by atoms with Crippen molar-refractivity contribution in [2.24, 2.45) is 5.10 Å². The van der Waals surface area contributed by atoms with Gasteiger partial charge >= 0.3 is 0 Å². The van der Waals surface area contributed by atoms with Crippen molar-refractivity contribution in [1.29, 1.82) is 0 Å². The first-order chi connectivity index (χ1) is 14.2. The molecule has 0 heterocycles. The van der Waals surface area contributed by atoms with Crippen molar-refractivity contribution in [2.45, 2.75) is 25.7 Å². The number of hydrogen-bond donors (Lipinski definition) is 2. The number of benzene rings is 3. The lowest BCUT2D eigenvalue weighted by molar-refractivity contribution is 0.102. The number of carbonyl (C=O) groups excluding carboxylic acids is 1. The van der Waals surface area contributed by atoms with Gasteiger partial charge in [0.25, 0.3) is 15.9 Å². The molecule has 0 unspecified atom stereocenters. The van der Waals surface area contributed by atoms with Crippen LogP contribution in [0.15, 0.2) is 82.8 Å². The zero-order chi connectivity index (χ0) is 21.7. The molecule has 0 saturated carbocycles. The molecule has 1 amide bonds. The van der Waals surface area contributed by atoms with Gasteiger partial charge in [-0.05, 0) is 62.7 Å². The van der Waals surface area contributed by atoms with Crippen LogP contribution in [0.1, 0.15) is 34.0 Å².